The van der Waals surface area contributed by atoms with Crippen LogP contribution in [0.25, 0.3) is 12.2 Å². The molecule has 2 rings (SSSR count). The second-order valence-electron chi connectivity index (χ2n) is 6.62. The smallest absolute Gasteiger partial charge is 0.286 e. The van der Waals surface area contributed by atoms with Crippen LogP contribution in [0.2, 0.25) is 0 Å². The highest BCUT2D eigenvalue weighted by atomic mass is 32.1. The second-order valence-corrected chi connectivity index (χ2v) is 7.50. The van der Waals surface area contributed by atoms with Gasteiger partial charge in [0, 0.05) is 19.8 Å². The molecule has 164 valence electrons. The average molecular weight is 461 g/mol. The summed E-state index contributed by atoms with van der Waals surface area (Å²) in [5.74, 6) is -1.07. The molecular weight excluding hydrogens is 436 g/mol. The van der Waals surface area contributed by atoms with Gasteiger partial charge in [0.2, 0.25) is 0 Å². The zero-order valence-corrected chi connectivity index (χ0v) is 18.8. The Kier molecular flexibility index (Phi) is 7.94. The number of benzene rings is 1. The molecule has 9 N–H and O–H groups in total. The van der Waals surface area contributed by atoms with Crippen molar-refractivity contribution >= 4 is 64.3 Å². The van der Waals surface area contributed by atoms with Crippen LogP contribution in [0.3, 0.4) is 0 Å². The second kappa shape index (κ2) is 10.4. The maximum atomic E-state index is 12.7. The van der Waals surface area contributed by atoms with E-state index in [1.54, 1.807) is 13.0 Å². The molecule has 2 aromatic rings. The number of H-pyrrole nitrogens is 1. The third-order valence-corrected chi connectivity index (χ3v) is 4.39. The van der Waals surface area contributed by atoms with Crippen LogP contribution in [-0.2, 0) is 0 Å². The molecule has 10 nitrogen and oxygen atoms in total. The van der Waals surface area contributed by atoms with Gasteiger partial charge in [-0.3, -0.25) is 31.3 Å². The molecule has 0 fully saturated rings. The summed E-state index contributed by atoms with van der Waals surface area (Å²) in [5.41, 5.74) is 23.4. The minimum atomic E-state index is -0.545. The van der Waals surface area contributed by atoms with E-state index in [9.17, 15) is 9.59 Å². The number of carbonyl (C=O) groups is 2. The topological polar surface area (TPSA) is 153 Å². The summed E-state index contributed by atoms with van der Waals surface area (Å²) >= 11 is 9.39. The molecule has 1 aromatic heterocycles. The zero-order chi connectivity index (χ0) is 23.1. The summed E-state index contributed by atoms with van der Waals surface area (Å²) in [5, 5.41) is -0.198. The lowest BCUT2D eigenvalue weighted by Gasteiger charge is -2.11. The lowest BCUT2D eigenvalue weighted by atomic mass is 10.1. The molecule has 0 saturated heterocycles. The molecule has 0 aliphatic heterocycles. The van der Waals surface area contributed by atoms with Crippen molar-refractivity contribution in [3.63, 3.8) is 0 Å². The van der Waals surface area contributed by atoms with E-state index >= 15 is 0 Å². The van der Waals surface area contributed by atoms with Crippen LogP contribution in [0.5, 0.6) is 0 Å². The van der Waals surface area contributed by atoms with Crippen molar-refractivity contribution < 1.29 is 9.59 Å². The monoisotopic (exact) mass is 460 g/mol. The minimum absolute atomic E-state index is 0.0989. The van der Waals surface area contributed by atoms with Gasteiger partial charge in [0.05, 0.1) is 11.3 Å². The van der Waals surface area contributed by atoms with Gasteiger partial charge in [-0.15, -0.1) is 0 Å². The normalized spacial score (nSPS) is 10.4. The molecule has 0 aliphatic rings. The number of hydrazine groups is 2. The van der Waals surface area contributed by atoms with Crippen LogP contribution in [0.4, 0.5) is 5.69 Å². The van der Waals surface area contributed by atoms with Crippen molar-refractivity contribution in [2.24, 2.45) is 11.5 Å². The van der Waals surface area contributed by atoms with Crippen LogP contribution in [0.15, 0.2) is 24.3 Å². The van der Waals surface area contributed by atoms with Gasteiger partial charge in [0.1, 0.15) is 5.69 Å². The van der Waals surface area contributed by atoms with Gasteiger partial charge in [-0.2, -0.15) is 0 Å². The van der Waals surface area contributed by atoms with E-state index in [4.69, 9.17) is 23.7 Å². The third kappa shape index (κ3) is 6.42. The van der Waals surface area contributed by atoms with Crippen molar-refractivity contribution in [3.05, 3.63) is 52.3 Å². The first-order valence-corrected chi connectivity index (χ1v) is 9.81. The fourth-order valence-corrected chi connectivity index (χ4v) is 2.79. The molecule has 2 amide bonds. The van der Waals surface area contributed by atoms with Crippen LogP contribution >= 0.6 is 24.4 Å². The highest BCUT2D eigenvalue weighted by molar-refractivity contribution is 7.80. The lowest BCUT2D eigenvalue weighted by Crippen LogP contribution is -2.45. The Labute approximate surface area is 190 Å². The number of amides is 2. The Bertz CT molecular complexity index is 1030. The zero-order valence-electron chi connectivity index (χ0n) is 17.2. The first-order chi connectivity index (χ1) is 14.6. The van der Waals surface area contributed by atoms with Crippen molar-refractivity contribution in [3.8, 4) is 0 Å². The van der Waals surface area contributed by atoms with E-state index in [0.717, 1.165) is 11.3 Å². The van der Waals surface area contributed by atoms with Crippen LogP contribution in [0, 0.1) is 6.92 Å². The van der Waals surface area contributed by atoms with E-state index in [1.165, 1.54) is 0 Å². The first kappa shape index (κ1) is 23.6. The van der Waals surface area contributed by atoms with E-state index in [-0.39, 0.29) is 21.5 Å². The molecule has 12 heteroatoms. The predicted octanol–water partition coefficient (Wildman–Crippen LogP) is 0.516. The SMILES string of the molecule is Cc1c(C(=O)NNC(N)=S)[nH]c(/C=C/c2ccc(N(C)C)cc2)c1C(=O)NNC(N)=S. The molecule has 0 atom stereocenters. The number of aromatic amines is 1. The number of rotatable bonds is 5. The summed E-state index contributed by atoms with van der Waals surface area (Å²) in [6.07, 6.45) is 3.52. The number of hydrogen-bond donors (Lipinski definition) is 7. The summed E-state index contributed by atoms with van der Waals surface area (Å²) in [6, 6.07) is 7.82. The van der Waals surface area contributed by atoms with Crippen molar-refractivity contribution in [2.75, 3.05) is 19.0 Å². The molecule has 1 heterocycles. The molecule has 0 aliphatic carbocycles. The van der Waals surface area contributed by atoms with E-state index in [1.807, 2.05) is 49.3 Å². The summed E-state index contributed by atoms with van der Waals surface area (Å²) < 4.78 is 0. The van der Waals surface area contributed by atoms with Gasteiger partial charge in [-0.1, -0.05) is 18.2 Å². The Morgan fingerprint density at radius 1 is 0.935 bits per heavy atom. The van der Waals surface area contributed by atoms with Gasteiger partial charge in [0.25, 0.3) is 11.8 Å². The van der Waals surface area contributed by atoms with Crippen LogP contribution in [-0.4, -0.2) is 41.1 Å². The molecule has 0 saturated carbocycles. The Hall–Kier alpha value is -3.64. The standard InChI is InChI=1S/C19H24N8O2S2/c1-10-14(16(28)23-25-18(20)30)13(22-15(10)17(29)24-26-19(21)31)9-6-11-4-7-12(8-5-11)27(2)3/h4-9,22H,1-3H3,(H,23,28)(H,24,29)(H3,20,25,30)(H3,21,26,31)/b9-6+. The highest BCUT2D eigenvalue weighted by Gasteiger charge is 2.23. The van der Waals surface area contributed by atoms with E-state index in [2.05, 4.69) is 38.9 Å². The quantitative estimate of drug-likeness (QED) is 0.250. The Morgan fingerprint density at radius 2 is 1.48 bits per heavy atom. The highest BCUT2D eigenvalue weighted by Crippen LogP contribution is 2.21. The number of nitrogens with one attached hydrogen (secondary N) is 5. The molecule has 0 radical (unpaired) electrons. The van der Waals surface area contributed by atoms with Crippen molar-refractivity contribution in [2.45, 2.75) is 6.92 Å². The summed E-state index contributed by atoms with van der Waals surface area (Å²) in [6.45, 7) is 1.63. The average Bonchev–Trinajstić information content (AvgIpc) is 3.05. The maximum absolute atomic E-state index is 12.7. The van der Waals surface area contributed by atoms with Gasteiger partial charge in [-0.25, -0.2) is 0 Å². The largest absolute Gasteiger partial charge is 0.378 e. The number of thiocarbonyl (C=S) groups is 2. The molecule has 1 aromatic carbocycles. The van der Waals surface area contributed by atoms with E-state index in [0.29, 0.717) is 11.3 Å². The third-order valence-electron chi connectivity index (χ3n) is 4.18. The van der Waals surface area contributed by atoms with Gasteiger partial charge >= 0.3 is 0 Å². The summed E-state index contributed by atoms with van der Waals surface area (Å²) in [7, 11) is 3.91. The molecule has 0 bridgehead atoms. The molecule has 0 unspecified atom stereocenters. The number of nitrogens with two attached hydrogens (primary N) is 2. The fraction of sp³-hybridized carbons (Fsp3) is 0.158. The lowest BCUT2D eigenvalue weighted by molar-refractivity contribution is 0.0937. The van der Waals surface area contributed by atoms with Gasteiger partial charge < -0.3 is 21.4 Å². The summed E-state index contributed by atoms with van der Waals surface area (Å²) in [4.78, 5) is 30.1. The Morgan fingerprint density at radius 3 is 2.00 bits per heavy atom. The predicted molar refractivity (Wildman–Crippen MR) is 130 cm³/mol. The fourth-order valence-electron chi connectivity index (χ4n) is 2.69. The molecule has 31 heavy (non-hydrogen) atoms. The molecular formula is C19H24N8O2S2. The van der Waals surface area contributed by atoms with Gasteiger partial charge in [-0.05, 0) is 60.7 Å². The molecule has 0 spiro atoms. The van der Waals surface area contributed by atoms with Crippen LogP contribution in [0.1, 0.15) is 37.7 Å². The number of aromatic nitrogens is 1. The number of anilines is 1. The maximum Gasteiger partial charge on any atom is 0.286 e. The number of hydrogen-bond acceptors (Lipinski definition) is 5. The van der Waals surface area contributed by atoms with Crippen LogP contribution < -0.4 is 38.1 Å². The van der Waals surface area contributed by atoms with Gasteiger partial charge in [0.15, 0.2) is 10.2 Å². The first-order valence-electron chi connectivity index (χ1n) is 8.99. The minimum Gasteiger partial charge on any atom is -0.378 e. The van der Waals surface area contributed by atoms with Crippen molar-refractivity contribution in [1.29, 1.82) is 0 Å². The number of nitrogens with zero attached hydrogens (tertiary/aromatic N) is 1. The number of carbonyl (C=O) groups excluding carboxylic acids is 2. The van der Waals surface area contributed by atoms with E-state index < -0.39 is 11.8 Å². The van der Waals surface area contributed by atoms with Crippen molar-refractivity contribution in [1.82, 2.24) is 26.7 Å². The Balaban J connectivity index is 2.39.